The first-order chi connectivity index (χ1) is 8.53. The molecule has 1 aromatic heterocycles. The van der Waals surface area contributed by atoms with Crippen molar-refractivity contribution in [2.45, 2.75) is 26.8 Å². The van der Waals surface area contributed by atoms with Crippen LogP contribution in [0, 0.1) is 5.92 Å². The second-order valence-electron chi connectivity index (χ2n) is 4.63. The van der Waals surface area contributed by atoms with E-state index in [0.717, 1.165) is 12.1 Å². The zero-order valence-corrected chi connectivity index (χ0v) is 11.9. The molecule has 1 heterocycles. The molecule has 1 rings (SSSR count). The van der Waals surface area contributed by atoms with E-state index in [-0.39, 0.29) is 17.4 Å². The molecule has 0 bridgehead atoms. The Labute approximate surface area is 110 Å². The lowest BCUT2D eigenvalue weighted by molar-refractivity contribution is 0.560. The maximum atomic E-state index is 11.8. The van der Waals surface area contributed by atoms with Crippen LogP contribution in [0.5, 0.6) is 0 Å². The summed E-state index contributed by atoms with van der Waals surface area (Å²) in [6.07, 6.45) is 2.64. The molecule has 1 unspecified atom stereocenters. The normalized spacial score (nSPS) is 13.4. The van der Waals surface area contributed by atoms with Crippen molar-refractivity contribution < 1.29 is 8.42 Å². The second kappa shape index (κ2) is 7.48. The fraction of sp³-hybridized carbons (Fsp3) is 0.615. The fourth-order valence-corrected chi connectivity index (χ4v) is 3.31. The van der Waals surface area contributed by atoms with E-state index in [4.69, 9.17) is 0 Å². The van der Waals surface area contributed by atoms with Crippen LogP contribution in [0.1, 0.15) is 26.0 Å². The Hall–Kier alpha value is -0.940. The van der Waals surface area contributed by atoms with Gasteiger partial charge in [0.15, 0.2) is 9.84 Å². The third-order valence-electron chi connectivity index (χ3n) is 2.86. The van der Waals surface area contributed by atoms with Gasteiger partial charge in [-0.2, -0.15) is 0 Å². The number of aromatic nitrogens is 1. The van der Waals surface area contributed by atoms with Crippen LogP contribution in [-0.4, -0.2) is 31.5 Å². The van der Waals surface area contributed by atoms with Crippen LogP contribution in [0.3, 0.4) is 0 Å². The maximum absolute atomic E-state index is 11.8. The van der Waals surface area contributed by atoms with Crippen LogP contribution in [0.2, 0.25) is 0 Å². The number of rotatable bonds is 8. The summed E-state index contributed by atoms with van der Waals surface area (Å²) >= 11 is 0. The number of hydrogen-bond donors (Lipinski definition) is 1. The Kier molecular flexibility index (Phi) is 6.29. The van der Waals surface area contributed by atoms with Crippen molar-refractivity contribution in [3.05, 3.63) is 30.1 Å². The molecular formula is C13H22N2O2S. The van der Waals surface area contributed by atoms with Crippen molar-refractivity contribution in [2.24, 2.45) is 5.92 Å². The third-order valence-corrected chi connectivity index (χ3v) is 4.76. The summed E-state index contributed by atoms with van der Waals surface area (Å²) in [5.41, 5.74) is 0.928. The highest BCUT2D eigenvalue weighted by molar-refractivity contribution is 7.91. The standard InChI is InChI=1S/C13H22N2O2S/c1-3-12(2)11-18(16,17)9-8-14-10-13-6-4-5-7-15-13/h4-7,12,14H,3,8-11H2,1-2H3. The summed E-state index contributed by atoms with van der Waals surface area (Å²) in [6, 6.07) is 5.70. The average molecular weight is 270 g/mol. The van der Waals surface area contributed by atoms with Gasteiger partial charge in [0, 0.05) is 19.3 Å². The van der Waals surface area contributed by atoms with Gasteiger partial charge in [0.25, 0.3) is 0 Å². The van der Waals surface area contributed by atoms with Crippen LogP contribution in [-0.2, 0) is 16.4 Å². The van der Waals surface area contributed by atoms with Crippen LogP contribution in [0.4, 0.5) is 0 Å². The number of sulfone groups is 1. The number of nitrogens with zero attached hydrogens (tertiary/aromatic N) is 1. The van der Waals surface area contributed by atoms with Gasteiger partial charge in [-0.15, -0.1) is 0 Å². The largest absolute Gasteiger partial charge is 0.310 e. The molecule has 0 aliphatic heterocycles. The van der Waals surface area contributed by atoms with Gasteiger partial charge in [-0.05, 0) is 18.1 Å². The first-order valence-electron chi connectivity index (χ1n) is 6.34. The first kappa shape index (κ1) is 15.1. The minimum absolute atomic E-state index is 0.199. The van der Waals surface area contributed by atoms with Crippen LogP contribution in [0.15, 0.2) is 24.4 Å². The predicted molar refractivity (Wildman–Crippen MR) is 74.1 cm³/mol. The van der Waals surface area contributed by atoms with Gasteiger partial charge in [0.1, 0.15) is 0 Å². The van der Waals surface area contributed by atoms with Gasteiger partial charge >= 0.3 is 0 Å². The van der Waals surface area contributed by atoms with Crippen LogP contribution >= 0.6 is 0 Å². The first-order valence-corrected chi connectivity index (χ1v) is 8.16. The molecule has 0 amide bonds. The smallest absolute Gasteiger partial charge is 0.151 e. The van der Waals surface area contributed by atoms with E-state index in [1.54, 1.807) is 6.20 Å². The topological polar surface area (TPSA) is 59.1 Å². The second-order valence-corrected chi connectivity index (χ2v) is 6.85. The molecule has 0 spiro atoms. The van der Waals surface area contributed by atoms with Gasteiger partial charge < -0.3 is 5.32 Å². The summed E-state index contributed by atoms with van der Waals surface area (Å²) in [5, 5.41) is 3.11. The molecule has 1 atom stereocenters. The Morgan fingerprint density at radius 1 is 1.39 bits per heavy atom. The molecule has 1 N–H and O–H groups in total. The molecule has 0 aliphatic carbocycles. The summed E-state index contributed by atoms with van der Waals surface area (Å²) in [5.74, 6) is 0.727. The van der Waals surface area contributed by atoms with E-state index in [1.807, 2.05) is 32.0 Å². The Balaban J connectivity index is 2.25. The Morgan fingerprint density at radius 2 is 2.17 bits per heavy atom. The summed E-state index contributed by atoms with van der Waals surface area (Å²) < 4.78 is 23.5. The molecule has 1 aromatic rings. The summed E-state index contributed by atoms with van der Waals surface area (Å²) in [7, 11) is -2.93. The third kappa shape index (κ3) is 6.12. The van der Waals surface area contributed by atoms with Gasteiger partial charge in [0.05, 0.1) is 17.2 Å². The fourth-order valence-electron chi connectivity index (χ4n) is 1.58. The lowest BCUT2D eigenvalue weighted by Gasteiger charge is -2.09. The lowest BCUT2D eigenvalue weighted by atomic mass is 10.2. The van der Waals surface area contributed by atoms with Crippen LogP contribution < -0.4 is 5.32 Å². The van der Waals surface area contributed by atoms with Crippen molar-refractivity contribution in [1.29, 1.82) is 0 Å². The van der Waals surface area contributed by atoms with Gasteiger partial charge in [-0.25, -0.2) is 8.42 Å². The molecule has 0 aromatic carbocycles. The average Bonchev–Trinajstić information content (AvgIpc) is 2.35. The maximum Gasteiger partial charge on any atom is 0.151 e. The van der Waals surface area contributed by atoms with Crippen LogP contribution in [0.25, 0.3) is 0 Å². The van der Waals surface area contributed by atoms with Gasteiger partial charge in [-0.1, -0.05) is 26.3 Å². The van der Waals surface area contributed by atoms with Crippen molar-refractivity contribution in [3.8, 4) is 0 Å². The molecule has 5 heteroatoms. The minimum atomic E-state index is -2.93. The molecule has 18 heavy (non-hydrogen) atoms. The quantitative estimate of drug-likeness (QED) is 0.729. The van der Waals surface area contributed by atoms with Crippen molar-refractivity contribution >= 4 is 9.84 Å². The molecule has 0 saturated heterocycles. The van der Waals surface area contributed by atoms with E-state index in [1.165, 1.54) is 0 Å². The van der Waals surface area contributed by atoms with Gasteiger partial charge in [0.2, 0.25) is 0 Å². The zero-order valence-electron chi connectivity index (χ0n) is 11.1. The molecule has 0 radical (unpaired) electrons. The molecule has 102 valence electrons. The Bertz CT molecular complexity index is 432. The highest BCUT2D eigenvalue weighted by atomic mass is 32.2. The number of pyridine rings is 1. The number of nitrogens with one attached hydrogen (secondary N) is 1. The molecule has 0 fully saturated rings. The molecule has 0 aliphatic rings. The SMILES string of the molecule is CCC(C)CS(=O)(=O)CCNCc1ccccn1. The Morgan fingerprint density at radius 3 is 2.78 bits per heavy atom. The van der Waals surface area contributed by atoms with E-state index in [2.05, 4.69) is 10.3 Å². The minimum Gasteiger partial charge on any atom is -0.310 e. The van der Waals surface area contributed by atoms with E-state index in [9.17, 15) is 8.42 Å². The predicted octanol–water partition coefficient (Wildman–Crippen LogP) is 1.63. The molecular weight excluding hydrogens is 248 g/mol. The van der Waals surface area contributed by atoms with E-state index >= 15 is 0 Å². The summed E-state index contributed by atoms with van der Waals surface area (Å²) in [4.78, 5) is 4.16. The van der Waals surface area contributed by atoms with Gasteiger partial charge in [-0.3, -0.25) is 4.98 Å². The molecule has 4 nitrogen and oxygen atoms in total. The monoisotopic (exact) mass is 270 g/mol. The highest BCUT2D eigenvalue weighted by Gasteiger charge is 2.14. The lowest BCUT2D eigenvalue weighted by Crippen LogP contribution is -2.26. The van der Waals surface area contributed by atoms with E-state index in [0.29, 0.717) is 13.1 Å². The van der Waals surface area contributed by atoms with Crippen molar-refractivity contribution in [3.63, 3.8) is 0 Å². The highest BCUT2D eigenvalue weighted by Crippen LogP contribution is 2.05. The zero-order chi connectivity index (χ0) is 13.4. The summed E-state index contributed by atoms with van der Waals surface area (Å²) in [6.45, 7) is 5.08. The van der Waals surface area contributed by atoms with E-state index < -0.39 is 9.84 Å². The van der Waals surface area contributed by atoms with Crippen molar-refractivity contribution in [1.82, 2.24) is 10.3 Å². The molecule has 0 saturated carbocycles. The number of hydrogen-bond acceptors (Lipinski definition) is 4. The van der Waals surface area contributed by atoms with Crippen molar-refractivity contribution in [2.75, 3.05) is 18.1 Å².